The Bertz CT molecular complexity index is 1520. The number of nitro benzene ring substituents is 1. The summed E-state index contributed by atoms with van der Waals surface area (Å²) in [6.45, 7) is 5.47. The number of aryl methyl sites for hydroxylation is 2. The Morgan fingerprint density at radius 1 is 1.19 bits per heavy atom. The molecule has 1 aliphatic rings. The molecule has 2 N–H and O–H groups in total. The number of thiocarbonyl (C=S) groups is 1. The third-order valence-electron chi connectivity index (χ3n) is 6.20. The van der Waals surface area contributed by atoms with Crippen LogP contribution in [0.1, 0.15) is 41.5 Å². The second-order valence-corrected chi connectivity index (χ2v) is 10.0. The van der Waals surface area contributed by atoms with Crippen LogP contribution in [0.15, 0.2) is 36.4 Å². The van der Waals surface area contributed by atoms with E-state index in [-0.39, 0.29) is 16.4 Å². The highest BCUT2D eigenvalue weighted by Gasteiger charge is 2.24. The molecule has 0 saturated carbocycles. The standard InChI is InChI=1S/C24H24N8O3S2/c1-3-20-27-28-24-31(20)29-22(37-24)16-6-8-17(14(2)12-16)25-23(36)26-21(33)15-7-9-18(19(13-15)32(34)35)30-10-4-5-11-30/h6-9,12-13H,3-5,10-11H2,1-2H3,(H2,25,26,33,36). The van der Waals surface area contributed by atoms with E-state index in [9.17, 15) is 14.9 Å². The normalized spacial score (nSPS) is 13.2. The first-order valence-corrected chi connectivity index (χ1v) is 13.0. The fourth-order valence-electron chi connectivity index (χ4n) is 4.30. The molecule has 2 aromatic heterocycles. The summed E-state index contributed by atoms with van der Waals surface area (Å²) in [5, 5.41) is 31.1. The Morgan fingerprint density at radius 3 is 2.68 bits per heavy atom. The summed E-state index contributed by atoms with van der Waals surface area (Å²) in [4.78, 5) is 26.7. The van der Waals surface area contributed by atoms with Gasteiger partial charge in [0.25, 0.3) is 11.6 Å². The summed E-state index contributed by atoms with van der Waals surface area (Å²) >= 11 is 6.80. The quantitative estimate of drug-likeness (QED) is 0.210. The zero-order chi connectivity index (χ0) is 26.1. The molecule has 37 heavy (non-hydrogen) atoms. The van der Waals surface area contributed by atoms with Crippen molar-refractivity contribution in [1.29, 1.82) is 0 Å². The van der Waals surface area contributed by atoms with Crippen molar-refractivity contribution in [3.63, 3.8) is 0 Å². The lowest BCUT2D eigenvalue weighted by Crippen LogP contribution is -2.34. The molecule has 13 heteroatoms. The van der Waals surface area contributed by atoms with E-state index in [1.165, 1.54) is 17.4 Å². The van der Waals surface area contributed by atoms with Crippen molar-refractivity contribution in [2.24, 2.45) is 0 Å². The van der Waals surface area contributed by atoms with Gasteiger partial charge < -0.3 is 10.2 Å². The zero-order valence-corrected chi connectivity index (χ0v) is 21.9. The number of nitro groups is 1. The lowest BCUT2D eigenvalue weighted by Gasteiger charge is -2.18. The number of nitrogens with one attached hydrogen (secondary N) is 2. The summed E-state index contributed by atoms with van der Waals surface area (Å²) < 4.78 is 1.76. The Balaban J connectivity index is 1.27. The maximum absolute atomic E-state index is 12.8. The number of carbonyl (C=O) groups excluding carboxylic acids is 1. The van der Waals surface area contributed by atoms with Gasteiger partial charge in [-0.15, -0.1) is 10.2 Å². The summed E-state index contributed by atoms with van der Waals surface area (Å²) in [5.41, 5.74) is 3.17. The Hall–Kier alpha value is -3.97. The van der Waals surface area contributed by atoms with Crippen LogP contribution in [0.4, 0.5) is 17.1 Å². The van der Waals surface area contributed by atoms with E-state index < -0.39 is 10.8 Å². The number of hydrogen-bond acceptors (Lipinski definition) is 9. The summed E-state index contributed by atoms with van der Waals surface area (Å²) in [6, 6.07) is 10.3. The molecule has 11 nitrogen and oxygen atoms in total. The van der Waals surface area contributed by atoms with Crippen molar-refractivity contribution in [3.8, 4) is 10.6 Å². The van der Waals surface area contributed by atoms with Crippen molar-refractivity contribution in [1.82, 2.24) is 25.1 Å². The third kappa shape index (κ3) is 5.00. The molecule has 2 aromatic carbocycles. The van der Waals surface area contributed by atoms with Crippen molar-refractivity contribution < 1.29 is 9.72 Å². The molecule has 0 aliphatic carbocycles. The van der Waals surface area contributed by atoms with Crippen molar-refractivity contribution in [2.75, 3.05) is 23.3 Å². The molecule has 0 radical (unpaired) electrons. The average molecular weight is 537 g/mol. The minimum atomic E-state index is -0.519. The molecule has 1 amide bonds. The van der Waals surface area contributed by atoms with Crippen LogP contribution in [-0.4, -0.2) is 48.8 Å². The third-order valence-corrected chi connectivity index (χ3v) is 7.35. The monoisotopic (exact) mass is 536 g/mol. The largest absolute Gasteiger partial charge is 0.366 e. The molecule has 0 spiro atoms. The van der Waals surface area contributed by atoms with E-state index in [2.05, 4.69) is 25.9 Å². The molecule has 5 rings (SSSR count). The molecule has 4 aromatic rings. The predicted octanol–water partition coefficient (Wildman–Crippen LogP) is 4.36. The first-order valence-electron chi connectivity index (χ1n) is 11.8. The van der Waals surface area contributed by atoms with Crippen molar-refractivity contribution in [2.45, 2.75) is 33.1 Å². The number of nitrogens with zero attached hydrogens (tertiary/aromatic N) is 6. The van der Waals surface area contributed by atoms with Crippen LogP contribution < -0.4 is 15.5 Å². The molecular formula is C24H24N8O3S2. The van der Waals surface area contributed by atoms with Gasteiger partial charge in [0, 0.05) is 42.4 Å². The van der Waals surface area contributed by atoms with Crippen LogP contribution in [0.5, 0.6) is 0 Å². The van der Waals surface area contributed by atoms with Crippen LogP contribution in [0.3, 0.4) is 0 Å². The fourth-order valence-corrected chi connectivity index (χ4v) is 5.35. The molecule has 1 saturated heterocycles. The number of rotatable bonds is 6. The topological polar surface area (TPSA) is 131 Å². The van der Waals surface area contributed by atoms with Crippen LogP contribution >= 0.6 is 23.6 Å². The van der Waals surface area contributed by atoms with Gasteiger partial charge in [-0.05, 0) is 67.9 Å². The van der Waals surface area contributed by atoms with Gasteiger partial charge >= 0.3 is 0 Å². The van der Waals surface area contributed by atoms with Gasteiger partial charge in [-0.1, -0.05) is 18.3 Å². The van der Waals surface area contributed by atoms with Gasteiger partial charge in [-0.3, -0.25) is 20.2 Å². The highest BCUT2D eigenvalue weighted by molar-refractivity contribution is 7.80. The Labute approximate surface area is 221 Å². The van der Waals surface area contributed by atoms with Gasteiger partial charge in [0.2, 0.25) is 4.96 Å². The smallest absolute Gasteiger partial charge is 0.293 e. The number of hydrogen-bond donors (Lipinski definition) is 2. The number of carbonyl (C=O) groups is 1. The van der Waals surface area contributed by atoms with Crippen molar-refractivity contribution in [3.05, 3.63) is 63.5 Å². The van der Waals surface area contributed by atoms with E-state index in [0.717, 1.165) is 65.0 Å². The van der Waals surface area contributed by atoms with Gasteiger partial charge in [-0.25, -0.2) is 0 Å². The molecule has 0 unspecified atom stereocenters. The Morgan fingerprint density at radius 2 is 1.97 bits per heavy atom. The molecule has 190 valence electrons. The first-order chi connectivity index (χ1) is 17.8. The second kappa shape index (κ2) is 10.2. The number of benzene rings is 2. The van der Waals surface area contributed by atoms with E-state index in [1.54, 1.807) is 16.6 Å². The van der Waals surface area contributed by atoms with E-state index in [0.29, 0.717) is 5.69 Å². The molecule has 1 fully saturated rings. The molecule has 0 bridgehead atoms. The van der Waals surface area contributed by atoms with Gasteiger partial charge in [0.15, 0.2) is 10.9 Å². The molecule has 3 heterocycles. The predicted molar refractivity (Wildman–Crippen MR) is 146 cm³/mol. The van der Waals surface area contributed by atoms with Crippen LogP contribution in [-0.2, 0) is 6.42 Å². The summed E-state index contributed by atoms with van der Waals surface area (Å²) in [6.07, 6.45) is 2.73. The SMILES string of the molecule is CCc1nnc2sc(-c3ccc(NC(=S)NC(=O)c4ccc(N5CCCC5)c([N+](=O)[O-])c4)c(C)c3)nn12. The Kier molecular flexibility index (Phi) is 6.80. The van der Waals surface area contributed by atoms with Gasteiger partial charge in [0.05, 0.1) is 4.92 Å². The second-order valence-electron chi connectivity index (χ2n) is 8.66. The van der Waals surface area contributed by atoms with Crippen LogP contribution in [0.2, 0.25) is 0 Å². The molecular weight excluding hydrogens is 512 g/mol. The minimum Gasteiger partial charge on any atom is -0.366 e. The maximum Gasteiger partial charge on any atom is 0.293 e. The van der Waals surface area contributed by atoms with Crippen molar-refractivity contribution >= 4 is 56.6 Å². The molecule has 1 aliphatic heterocycles. The lowest BCUT2D eigenvalue weighted by molar-refractivity contribution is -0.384. The van der Waals surface area contributed by atoms with E-state index in [4.69, 9.17) is 12.2 Å². The minimum absolute atomic E-state index is 0.0867. The average Bonchev–Trinajstić information content (AvgIpc) is 3.62. The first kappa shape index (κ1) is 24.7. The van der Waals surface area contributed by atoms with E-state index >= 15 is 0 Å². The fraction of sp³-hybridized carbons (Fsp3) is 0.292. The number of aromatic nitrogens is 4. The summed E-state index contributed by atoms with van der Waals surface area (Å²) in [7, 11) is 0. The van der Waals surface area contributed by atoms with Gasteiger partial charge in [0.1, 0.15) is 10.7 Å². The zero-order valence-electron chi connectivity index (χ0n) is 20.2. The number of fused-ring (bicyclic) bond motifs is 1. The van der Waals surface area contributed by atoms with E-state index in [1.807, 2.05) is 36.9 Å². The summed E-state index contributed by atoms with van der Waals surface area (Å²) in [5.74, 6) is 0.291. The van der Waals surface area contributed by atoms with Crippen LogP contribution in [0.25, 0.3) is 15.5 Å². The number of amides is 1. The highest BCUT2D eigenvalue weighted by Crippen LogP contribution is 2.32. The maximum atomic E-state index is 12.8. The highest BCUT2D eigenvalue weighted by atomic mass is 32.1. The van der Waals surface area contributed by atoms with Crippen LogP contribution in [0, 0.1) is 17.0 Å². The number of anilines is 2. The molecule has 0 atom stereocenters. The van der Waals surface area contributed by atoms with Gasteiger partial charge in [-0.2, -0.15) is 9.61 Å². The lowest BCUT2D eigenvalue weighted by atomic mass is 10.1.